The smallest absolute Gasteiger partial charge is 0.248 e. The number of halogens is 3. The summed E-state index contributed by atoms with van der Waals surface area (Å²) in [5.41, 5.74) is 5.89. The summed E-state index contributed by atoms with van der Waals surface area (Å²) in [5.74, 6) is -4.07. The van der Waals surface area contributed by atoms with Crippen LogP contribution in [-0.4, -0.2) is 31.9 Å². The van der Waals surface area contributed by atoms with Gasteiger partial charge in [0.1, 0.15) is 17.5 Å². The van der Waals surface area contributed by atoms with E-state index in [1.54, 1.807) is 0 Å². The number of hydrogen-bond donors (Lipinski definition) is 1. The Balaban J connectivity index is 2.39. The Bertz CT molecular complexity index is 613. The van der Waals surface area contributed by atoms with Crippen molar-refractivity contribution in [1.82, 2.24) is 4.31 Å². The molecule has 1 fully saturated rings. The molecule has 1 heterocycles. The van der Waals surface area contributed by atoms with Crippen LogP contribution in [0.3, 0.4) is 0 Å². The number of benzene rings is 1. The Morgan fingerprint density at radius 1 is 1.29 bits per heavy atom. The second-order valence-electron chi connectivity index (χ2n) is 5.18. The predicted octanol–water partition coefficient (Wildman–Crippen LogP) is 1.85. The molecule has 21 heavy (non-hydrogen) atoms. The Labute approximate surface area is 121 Å². The molecule has 2 N–H and O–H groups in total. The second-order valence-corrected chi connectivity index (χ2v) is 7.06. The van der Waals surface area contributed by atoms with Crippen LogP contribution >= 0.6 is 0 Å². The summed E-state index contributed by atoms with van der Waals surface area (Å²) < 4.78 is 66.1. The van der Waals surface area contributed by atoms with Gasteiger partial charge in [-0.3, -0.25) is 0 Å². The third kappa shape index (κ3) is 3.07. The Kier molecular flexibility index (Phi) is 4.60. The molecule has 0 aliphatic carbocycles. The van der Waals surface area contributed by atoms with E-state index in [0.717, 1.165) is 4.31 Å². The van der Waals surface area contributed by atoms with Gasteiger partial charge in [0.25, 0.3) is 0 Å². The Hall–Kier alpha value is -1.12. The minimum Gasteiger partial charge on any atom is -0.327 e. The summed E-state index contributed by atoms with van der Waals surface area (Å²) >= 11 is 0. The van der Waals surface area contributed by atoms with E-state index in [0.29, 0.717) is 25.0 Å². The zero-order valence-electron chi connectivity index (χ0n) is 11.5. The first-order valence-electron chi connectivity index (χ1n) is 6.67. The molecule has 2 rings (SSSR count). The predicted molar refractivity (Wildman–Crippen MR) is 71.4 cm³/mol. The number of piperidine rings is 1. The molecule has 1 aromatic rings. The quantitative estimate of drug-likeness (QED) is 0.924. The highest BCUT2D eigenvalue weighted by Crippen LogP contribution is 2.28. The molecule has 0 radical (unpaired) electrons. The molecule has 1 aromatic carbocycles. The van der Waals surface area contributed by atoms with Crippen molar-refractivity contribution in [2.75, 3.05) is 13.1 Å². The summed E-state index contributed by atoms with van der Waals surface area (Å²) in [7, 11) is -4.35. The van der Waals surface area contributed by atoms with Crippen LogP contribution in [0.15, 0.2) is 17.0 Å². The lowest BCUT2D eigenvalue weighted by molar-refractivity contribution is 0.229. The van der Waals surface area contributed by atoms with Gasteiger partial charge in [-0.1, -0.05) is 13.3 Å². The van der Waals surface area contributed by atoms with Crippen molar-refractivity contribution in [2.24, 2.45) is 11.7 Å². The highest BCUT2D eigenvalue weighted by Gasteiger charge is 2.36. The Morgan fingerprint density at radius 2 is 1.86 bits per heavy atom. The molecular weight excluding hydrogens is 305 g/mol. The van der Waals surface area contributed by atoms with Crippen LogP contribution in [0.5, 0.6) is 0 Å². The third-order valence-electron chi connectivity index (χ3n) is 3.84. The standard InChI is InChI=1S/C13H17F3N2O2S/c1-2-8-7-18(4-3-12(8)17)21(19,20)13-10(15)5-9(14)6-11(13)16/h5-6,8,12H,2-4,7,17H2,1H3. The Morgan fingerprint density at radius 3 is 2.38 bits per heavy atom. The zero-order valence-corrected chi connectivity index (χ0v) is 12.3. The lowest BCUT2D eigenvalue weighted by Crippen LogP contribution is -2.49. The van der Waals surface area contributed by atoms with E-state index in [-0.39, 0.29) is 25.0 Å². The molecule has 1 saturated heterocycles. The van der Waals surface area contributed by atoms with Gasteiger partial charge in [0.2, 0.25) is 10.0 Å². The number of sulfonamides is 1. The van der Waals surface area contributed by atoms with Gasteiger partial charge in [0.05, 0.1) is 0 Å². The summed E-state index contributed by atoms with van der Waals surface area (Å²) in [6.45, 7) is 2.08. The summed E-state index contributed by atoms with van der Waals surface area (Å²) in [5, 5.41) is 0. The van der Waals surface area contributed by atoms with E-state index in [9.17, 15) is 21.6 Å². The molecule has 8 heteroatoms. The van der Waals surface area contributed by atoms with Crippen LogP contribution in [0.1, 0.15) is 19.8 Å². The van der Waals surface area contributed by atoms with Crippen molar-refractivity contribution in [3.8, 4) is 0 Å². The maximum atomic E-state index is 13.7. The van der Waals surface area contributed by atoms with Crippen LogP contribution in [0, 0.1) is 23.4 Å². The molecule has 0 aromatic heterocycles. The number of nitrogens with zero attached hydrogens (tertiary/aromatic N) is 1. The lowest BCUT2D eigenvalue weighted by Gasteiger charge is -2.35. The van der Waals surface area contributed by atoms with Gasteiger partial charge in [-0.25, -0.2) is 21.6 Å². The van der Waals surface area contributed by atoms with Crippen LogP contribution in [0.4, 0.5) is 13.2 Å². The first-order chi connectivity index (χ1) is 9.77. The molecule has 0 saturated carbocycles. The topological polar surface area (TPSA) is 63.4 Å². The van der Waals surface area contributed by atoms with Gasteiger partial charge < -0.3 is 5.73 Å². The van der Waals surface area contributed by atoms with Gasteiger partial charge >= 0.3 is 0 Å². The third-order valence-corrected chi connectivity index (χ3v) is 5.76. The monoisotopic (exact) mass is 322 g/mol. The van der Waals surface area contributed by atoms with Crippen LogP contribution < -0.4 is 5.73 Å². The van der Waals surface area contributed by atoms with Crippen LogP contribution in [0.25, 0.3) is 0 Å². The first-order valence-corrected chi connectivity index (χ1v) is 8.11. The van der Waals surface area contributed by atoms with Crippen molar-refractivity contribution in [3.63, 3.8) is 0 Å². The van der Waals surface area contributed by atoms with Gasteiger partial charge in [-0.05, 0) is 12.3 Å². The fourth-order valence-electron chi connectivity index (χ4n) is 2.57. The van der Waals surface area contributed by atoms with Crippen molar-refractivity contribution < 1.29 is 21.6 Å². The molecule has 2 unspecified atom stereocenters. The maximum absolute atomic E-state index is 13.7. The van der Waals surface area contributed by atoms with E-state index in [4.69, 9.17) is 5.73 Å². The van der Waals surface area contributed by atoms with Gasteiger partial charge in [-0.2, -0.15) is 4.31 Å². The van der Waals surface area contributed by atoms with Crippen LogP contribution in [0.2, 0.25) is 0 Å². The highest BCUT2D eigenvalue weighted by atomic mass is 32.2. The maximum Gasteiger partial charge on any atom is 0.248 e. The molecule has 2 atom stereocenters. The summed E-state index contributed by atoms with van der Waals surface area (Å²) in [4.78, 5) is -1.10. The van der Waals surface area contributed by atoms with Crippen molar-refractivity contribution >= 4 is 10.0 Å². The van der Waals surface area contributed by atoms with Gasteiger partial charge in [0.15, 0.2) is 4.90 Å². The molecule has 0 spiro atoms. The number of nitrogens with two attached hydrogens (primary N) is 1. The van der Waals surface area contributed by atoms with Crippen LogP contribution in [-0.2, 0) is 10.0 Å². The minimum atomic E-state index is -4.35. The average Bonchev–Trinajstić information content (AvgIpc) is 2.37. The second kappa shape index (κ2) is 5.94. The van der Waals surface area contributed by atoms with E-state index in [1.165, 1.54) is 0 Å². The highest BCUT2D eigenvalue weighted by molar-refractivity contribution is 7.89. The lowest BCUT2D eigenvalue weighted by atomic mass is 9.92. The van der Waals surface area contributed by atoms with Crippen molar-refractivity contribution in [3.05, 3.63) is 29.6 Å². The van der Waals surface area contributed by atoms with E-state index < -0.39 is 32.4 Å². The SMILES string of the molecule is CCC1CN(S(=O)(=O)c2c(F)cc(F)cc2F)CCC1N. The molecule has 0 amide bonds. The zero-order chi connectivity index (χ0) is 15.8. The first kappa shape index (κ1) is 16.3. The molecule has 118 valence electrons. The largest absolute Gasteiger partial charge is 0.327 e. The van der Waals surface area contributed by atoms with E-state index in [1.807, 2.05) is 6.92 Å². The minimum absolute atomic E-state index is 0.0694. The molecule has 4 nitrogen and oxygen atoms in total. The van der Waals surface area contributed by atoms with E-state index in [2.05, 4.69) is 0 Å². The average molecular weight is 322 g/mol. The van der Waals surface area contributed by atoms with E-state index >= 15 is 0 Å². The fourth-order valence-corrected chi connectivity index (χ4v) is 4.17. The van der Waals surface area contributed by atoms with Gasteiger partial charge in [-0.15, -0.1) is 0 Å². The molecule has 1 aliphatic rings. The molecule has 1 aliphatic heterocycles. The van der Waals surface area contributed by atoms with Crippen molar-refractivity contribution in [1.29, 1.82) is 0 Å². The summed E-state index contributed by atoms with van der Waals surface area (Å²) in [6, 6.07) is 0.593. The number of rotatable bonds is 3. The normalized spacial score (nSPS) is 24.2. The molecular formula is C13H17F3N2O2S. The van der Waals surface area contributed by atoms with Gasteiger partial charge in [0, 0.05) is 31.3 Å². The number of hydrogen-bond acceptors (Lipinski definition) is 3. The van der Waals surface area contributed by atoms with Crippen molar-refractivity contribution in [2.45, 2.75) is 30.7 Å². The summed E-state index contributed by atoms with van der Waals surface area (Å²) in [6.07, 6.45) is 1.09. The fraction of sp³-hybridized carbons (Fsp3) is 0.538. The molecule has 0 bridgehead atoms.